The van der Waals surface area contributed by atoms with Crippen LogP contribution in [-0.4, -0.2) is 45.5 Å². The molecule has 162 valence electrons. The number of carboxylic acids is 1. The van der Waals surface area contributed by atoms with Crippen LogP contribution >= 0.6 is 11.6 Å². The van der Waals surface area contributed by atoms with E-state index in [-0.39, 0.29) is 17.9 Å². The quantitative estimate of drug-likeness (QED) is 0.549. The van der Waals surface area contributed by atoms with E-state index in [4.69, 9.17) is 16.6 Å². The maximum atomic E-state index is 13.5. The van der Waals surface area contributed by atoms with Crippen LogP contribution in [0.3, 0.4) is 0 Å². The Hall–Kier alpha value is -3.84. The van der Waals surface area contributed by atoms with Gasteiger partial charge in [-0.25, -0.2) is 0 Å². The van der Waals surface area contributed by atoms with E-state index >= 15 is 0 Å². The maximum absolute atomic E-state index is 13.5. The van der Waals surface area contributed by atoms with Crippen LogP contribution in [0.25, 0.3) is 0 Å². The molecular formula is C24H19ClN2O5. The molecule has 0 radical (unpaired) electrons. The van der Waals surface area contributed by atoms with Crippen molar-refractivity contribution in [2.45, 2.75) is 12.5 Å². The zero-order chi connectivity index (χ0) is 22.8. The molecule has 8 heteroatoms. The Kier molecular flexibility index (Phi) is 5.83. The second kappa shape index (κ2) is 8.72. The first-order valence-corrected chi connectivity index (χ1v) is 10.2. The molecule has 32 heavy (non-hydrogen) atoms. The zero-order valence-corrected chi connectivity index (χ0v) is 17.5. The number of halogens is 1. The van der Waals surface area contributed by atoms with E-state index in [2.05, 4.69) is 0 Å². The standard InChI is InChI=1S/C24H19ClN2O5/c25-16-5-10-21-19(12-16)23(15-3-8-18(29)9-4-15)26-20(24(32)27(21)13-22(30)31)11-14-1-6-17(28)7-2-14/h1-10,12,20,28-29H,11,13H2,(H,30,31). The summed E-state index contributed by atoms with van der Waals surface area (Å²) in [6.45, 7) is -0.530. The first kappa shape index (κ1) is 21.4. The van der Waals surface area contributed by atoms with E-state index in [1.165, 1.54) is 29.2 Å². The van der Waals surface area contributed by atoms with Crippen LogP contribution in [0, 0.1) is 0 Å². The average Bonchev–Trinajstić information content (AvgIpc) is 2.86. The summed E-state index contributed by atoms with van der Waals surface area (Å²) >= 11 is 6.24. The number of rotatable bonds is 5. The molecule has 1 unspecified atom stereocenters. The molecule has 0 aliphatic carbocycles. The van der Waals surface area contributed by atoms with Crippen LogP contribution in [0.2, 0.25) is 5.02 Å². The number of carboxylic acid groups (broad SMARTS) is 1. The lowest BCUT2D eigenvalue weighted by Crippen LogP contribution is -2.42. The highest BCUT2D eigenvalue weighted by Crippen LogP contribution is 2.32. The number of phenolic OH excluding ortho intramolecular Hbond substituents is 2. The van der Waals surface area contributed by atoms with Gasteiger partial charge in [0.2, 0.25) is 0 Å². The van der Waals surface area contributed by atoms with E-state index in [9.17, 15) is 24.9 Å². The predicted molar refractivity (Wildman–Crippen MR) is 121 cm³/mol. The molecular weight excluding hydrogens is 432 g/mol. The molecule has 4 rings (SSSR count). The summed E-state index contributed by atoms with van der Waals surface area (Å²) in [5.74, 6) is -1.43. The molecule has 0 saturated carbocycles. The molecule has 3 aromatic rings. The van der Waals surface area contributed by atoms with Gasteiger partial charge < -0.3 is 15.3 Å². The van der Waals surface area contributed by atoms with Crippen molar-refractivity contribution in [1.82, 2.24) is 0 Å². The number of anilines is 1. The number of carbonyl (C=O) groups is 2. The van der Waals surface area contributed by atoms with Crippen molar-refractivity contribution in [3.8, 4) is 11.5 Å². The molecule has 0 fully saturated rings. The minimum Gasteiger partial charge on any atom is -0.508 e. The molecule has 0 bridgehead atoms. The van der Waals surface area contributed by atoms with Crippen LogP contribution in [0.1, 0.15) is 16.7 Å². The summed E-state index contributed by atoms with van der Waals surface area (Å²) in [4.78, 5) is 31.0. The van der Waals surface area contributed by atoms with Crippen molar-refractivity contribution in [3.63, 3.8) is 0 Å². The third kappa shape index (κ3) is 4.43. The van der Waals surface area contributed by atoms with Gasteiger partial charge in [0.15, 0.2) is 0 Å². The Bertz CT molecular complexity index is 1210. The molecule has 3 aromatic carbocycles. The van der Waals surface area contributed by atoms with Crippen LogP contribution < -0.4 is 4.90 Å². The van der Waals surface area contributed by atoms with Crippen molar-refractivity contribution >= 4 is 34.9 Å². The van der Waals surface area contributed by atoms with Gasteiger partial charge in [0.25, 0.3) is 5.91 Å². The van der Waals surface area contributed by atoms with Gasteiger partial charge in [0.1, 0.15) is 24.1 Å². The first-order valence-electron chi connectivity index (χ1n) is 9.80. The Balaban J connectivity index is 1.89. The van der Waals surface area contributed by atoms with Gasteiger partial charge in [-0.1, -0.05) is 23.7 Å². The number of benzene rings is 3. The van der Waals surface area contributed by atoms with E-state index in [1.54, 1.807) is 42.5 Å². The van der Waals surface area contributed by atoms with Crippen molar-refractivity contribution in [3.05, 3.63) is 88.4 Å². The van der Waals surface area contributed by atoms with Crippen LogP contribution in [0.15, 0.2) is 71.7 Å². The minimum atomic E-state index is -1.16. The second-order valence-electron chi connectivity index (χ2n) is 7.39. The number of aromatic hydroxyl groups is 2. The molecule has 1 heterocycles. The van der Waals surface area contributed by atoms with Crippen LogP contribution in [0.5, 0.6) is 11.5 Å². The maximum Gasteiger partial charge on any atom is 0.323 e. The fourth-order valence-electron chi connectivity index (χ4n) is 3.65. The van der Waals surface area contributed by atoms with E-state index in [1.807, 2.05) is 0 Å². The van der Waals surface area contributed by atoms with E-state index in [0.29, 0.717) is 27.5 Å². The number of phenols is 2. The Morgan fingerprint density at radius 1 is 0.969 bits per heavy atom. The van der Waals surface area contributed by atoms with Crippen molar-refractivity contribution in [2.75, 3.05) is 11.4 Å². The first-order chi connectivity index (χ1) is 15.3. The highest BCUT2D eigenvalue weighted by molar-refractivity contribution is 6.32. The number of fused-ring (bicyclic) bond motifs is 1. The number of aliphatic carboxylic acids is 1. The monoisotopic (exact) mass is 450 g/mol. The van der Waals surface area contributed by atoms with Crippen LogP contribution in [-0.2, 0) is 16.0 Å². The Morgan fingerprint density at radius 3 is 2.22 bits per heavy atom. The lowest BCUT2D eigenvalue weighted by molar-refractivity contribution is -0.136. The SMILES string of the molecule is O=C(O)CN1C(=O)C(Cc2ccc(O)cc2)N=C(c2ccc(O)cc2)c2cc(Cl)ccc21. The summed E-state index contributed by atoms with van der Waals surface area (Å²) < 4.78 is 0. The summed E-state index contributed by atoms with van der Waals surface area (Å²) in [6, 6.07) is 16.7. The summed E-state index contributed by atoms with van der Waals surface area (Å²) in [7, 11) is 0. The molecule has 0 spiro atoms. The van der Waals surface area contributed by atoms with Gasteiger partial charge in [0, 0.05) is 22.6 Å². The highest BCUT2D eigenvalue weighted by Gasteiger charge is 2.33. The van der Waals surface area contributed by atoms with Crippen molar-refractivity contribution < 1.29 is 24.9 Å². The van der Waals surface area contributed by atoms with Crippen molar-refractivity contribution in [1.29, 1.82) is 0 Å². The number of benzodiazepines with no additional fused rings is 1. The fourth-order valence-corrected chi connectivity index (χ4v) is 3.82. The van der Waals surface area contributed by atoms with Crippen LogP contribution in [0.4, 0.5) is 5.69 Å². The molecule has 0 aromatic heterocycles. The van der Waals surface area contributed by atoms with Gasteiger partial charge >= 0.3 is 5.97 Å². The lowest BCUT2D eigenvalue weighted by atomic mass is 10.00. The summed E-state index contributed by atoms with van der Waals surface area (Å²) in [5.41, 5.74) is 2.78. The molecule has 0 saturated heterocycles. The van der Waals surface area contributed by atoms with E-state index < -0.39 is 24.5 Å². The normalized spacial score (nSPS) is 15.7. The number of amides is 1. The molecule has 1 atom stereocenters. The number of aliphatic imine (C=N–C) groups is 1. The Labute approximate surface area is 188 Å². The van der Waals surface area contributed by atoms with Gasteiger partial charge in [0.05, 0.1) is 11.4 Å². The summed E-state index contributed by atoms with van der Waals surface area (Å²) in [6.07, 6.45) is 0.207. The van der Waals surface area contributed by atoms with Gasteiger partial charge in [-0.15, -0.1) is 0 Å². The molecule has 1 aliphatic rings. The zero-order valence-electron chi connectivity index (χ0n) is 16.8. The smallest absolute Gasteiger partial charge is 0.323 e. The van der Waals surface area contributed by atoms with Crippen molar-refractivity contribution in [2.24, 2.45) is 4.99 Å². The minimum absolute atomic E-state index is 0.0820. The van der Waals surface area contributed by atoms with Gasteiger partial charge in [-0.3, -0.25) is 19.5 Å². The fraction of sp³-hybridized carbons (Fsp3) is 0.125. The largest absolute Gasteiger partial charge is 0.508 e. The highest BCUT2D eigenvalue weighted by atomic mass is 35.5. The number of nitrogens with zero attached hydrogens (tertiary/aromatic N) is 2. The molecule has 1 aliphatic heterocycles. The Morgan fingerprint density at radius 2 is 1.59 bits per heavy atom. The number of hydrogen-bond acceptors (Lipinski definition) is 5. The van der Waals surface area contributed by atoms with E-state index in [0.717, 1.165) is 5.56 Å². The second-order valence-corrected chi connectivity index (χ2v) is 7.83. The third-order valence-electron chi connectivity index (χ3n) is 5.14. The molecule has 3 N–H and O–H groups in total. The predicted octanol–water partition coefficient (Wildman–Crippen LogP) is 3.63. The summed E-state index contributed by atoms with van der Waals surface area (Å²) in [5, 5.41) is 29.1. The number of hydrogen-bond donors (Lipinski definition) is 3. The molecule has 1 amide bonds. The van der Waals surface area contributed by atoms with Gasteiger partial charge in [-0.05, 0) is 60.2 Å². The molecule has 7 nitrogen and oxygen atoms in total. The third-order valence-corrected chi connectivity index (χ3v) is 5.38. The average molecular weight is 451 g/mol. The lowest BCUT2D eigenvalue weighted by Gasteiger charge is -2.23. The topological polar surface area (TPSA) is 110 Å². The number of carbonyl (C=O) groups excluding carboxylic acids is 1. The van der Waals surface area contributed by atoms with Gasteiger partial charge in [-0.2, -0.15) is 0 Å².